The van der Waals surface area contributed by atoms with Crippen molar-refractivity contribution < 1.29 is 0 Å². The molecule has 0 saturated carbocycles. The maximum absolute atomic E-state index is 3.89. The lowest BCUT2D eigenvalue weighted by Gasteiger charge is -1.93. The van der Waals surface area contributed by atoms with Gasteiger partial charge in [0, 0.05) is 24.9 Å². The molecule has 0 fully saturated rings. The number of hydrogen-bond acceptors (Lipinski definition) is 2. The second-order valence-corrected chi connectivity index (χ2v) is 1.93. The normalized spacial score (nSPS) is 8.64. The summed E-state index contributed by atoms with van der Waals surface area (Å²) in [6.07, 6.45) is 4.57. The van der Waals surface area contributed by atoms with Gasteiger partial charge in [-0.3, -0.25) is 0 Å². The number of likely N-dealkylation sites (N-methyl/N-ethyl adjacent to an activating group) is 1. The van der Waals surface area contributed by atoms with Crippen LogP contribution in [0.3, 0.4) is 0 Å². The number of nitrogens with zero attached hydrogens (tertiary/aromatic N) is 1. The third kappa shape index (κ3) is 4.56. The molecule has 0 aromatic carbocycles. The van der Waals surface area contributed by atoms with Gasteiger partial charge in [0.05, 0.1) is 6.33 Å². The molecule has 0 unspecified atom stereocenters. The van der Waals surface area contributed by atoms with Gasteiger partial charge < -0.3 is 10.3 Å². The van der Waals surface area contributed by atoms with Gasteiger partial charge >= 0.3 is 0 Å². The molecule has 0 bridgehead atoms. The monoisotopic (exact) mass is 155 g/mol. The molecular formula is C8H17N3. The molecule has 0 spiro atoms. The Hall–Kier alpha value is -0.830. The highest BCUT2D eigenvalue weighted by Crippen LogP contribution is 1.89. The third-order valence-electron chi connectivity index (χ3n) is 1.20. The van der Waals surface area contributed by atoms with Crippen LogP contribution in [0, 0.1) is 0 Å². The van der Waals surface area contributed by atoms with Gasteiger partial charge in [-0.15, -0.1) is 0 Å². The van der Waals surface area contributed by atoms with Crippen LogP contribution in [0.2, 0.25) is 0 Å². The first-order valence-corrected chi connectivity index (χ1v) is 4.05. The number of rotatable bonds is 3. The van der Waals surface area contributed by atoms with E-state index in [4.69, 9.17) is 0 Å². The van der Waals surface area contributed by atoms with Gasteiger partial charge in [-0.2, -0.15) is 0 Å². The van der Waals surface area contributed by atoms with Gasteiger partial charge in [0.25, 0.3) is 0 Å². The van der Waals surface area contributed by atoms with E-state index in [0.717, 1.165) is 13.0 Å². The lowest BCUT2D eigenvalue weighted by molar-refractivity contribution is 0.780. The number of H-pyrrole nitrogens is 1. The summed E-state index contributed by atoms with van der Waals surface area (Å²) in [5.74, 6) is 0. The second-order valence-electron chi connectivity index (χ2n) is 1.93. The highest BCUT2D eigenvalue weighted by molar-refractivity contribution is 4.94. The van der Waals surface area contributed by atoms with Crippen molar-refractivity contribution in [1.82, 2.24) is 15.3 Å². The highest BCUT2D eigenvalue weighted by Gasteiger charge is 1.89. The molecule has 0 saturated heterocycles. The topological polar surface area (TPSA) is 40.7 Å². The van der Waals surface area contributed by atoms with E-state index in [0.29, 0.717) is 0 Å². The third-order valence-corrected chi connectivity index (χ3v) is 1.20. The van der Waals surface area contributed by atoms with Crippen LogP contribution < -0.4 is 5.32 Å². The molecule has 0 aliphatic heterocycles. The average Bonchev–Trinajstić information content (AvgIpc) is 2.57. The van der Waals surface area contributed by atoms with E-state index in [1.807, 2.05) is 27.1 Å². The molecule has 1 rings (SSSR count). The second kappa shape index (κ2) is 7.28. The zero-order valence-electron chi connectivity index (χ0n) is 7.52. The number of aromatic nitrogens is 2. The Morgan fingerprint density at radius 2 is 2.27 bits per heavy atom. The molecule has 0 radical (unpaired) electrons. The highest BCUT2D eigenvalue weighted by atomic mass is 14.9. The molecule has 3 nitrogen and oxygen atoms in total. The molecule has 0 aliphatic carbocycles. The van der Waals surface area contributed by atoms with Crippen molar-refractivity contribution in [3.8, 4) is 0 Å². The largest absolute Gasteiger partial charge is 0.348 e. The number of imidazole rings is 1. The Morgan fingerprint density at radius 1 is 1.55 bits per heavy atom. The van der Waals surface area contributed by atoms with Gasteiger partial charge in [-0.25, -0.2) is 4.98 Å². The summed E-state index contributed by atoms with van der Waals surface area (Å²) >= 11 is 0. The van der Waals surface area contributed by atoms with Gasteiger partial charge in [-0.05, 0) is 7.05 Å². The van der Waals surface area contributed by atoms with Crippen molar-refractivity contribution in [2.75, 3.05) is 13.6 Å². The van der Waals surface area contributed by atoms with E-state index in [9.17, 15) is 0 Å². The summed E-state index contributed by atoms with van der Waals surface area (Å²) in [4.78, 5) is 6.91. The van der Waals surface area contributed by atoms with Gasteiger partial charge in [0.1, 0.15) is 0 Å². The van der Waals surface area contributed by atoms with E-state index in [1.54, 1.807) is 6.33 Å². The maximum Gasteiger partial charge on any atom is 0.0921 e. The Bertz CT molecular complexity index is 146. The Kier molecular flexibility index (Phi) is 6.73. The molecule has 1 aromatic rings. The molecule has 64 valence electrons. The first-order valence-electron chi connectivity index (χ1n) is 4.05. The van der Waals surface area contributed by atoms with Crippen LogP contribution in [0.4, 0.5) is 0 Å². The number of nitrogens with one attached hydrogen (secondary N) is 2. The molecule has 1 aromatic heterocycles. The Morgan fingerprint density at radius 3 is 2.73 bits per heavy atom. The summed E-state index contributed by atoms with van der Waals surface area (Å²) in [7, 11) is 1.94. The molecule has 0 amide bonds. The van der Waals surface area contributed by atoms with Crippen molar-refractivity contribution in [2.45, 2.75) is 20.3 Å². The Labute approximate surface area is 68.2 Å². The van der Waals surface area contributed by atoms with Crippen LogP contribution >= 0.6 is 0 Å². The summed E-state index contributed by atoms with van der Waals surface area (Å²) in [5, 5.41) is 3.06. The molecule has 11 heavy (non-hydrogen) atoms. The minimum Gasteiger partial charge on any atom is -0.348 e. The zero-order chi connectivity index (χ0) is 8.53. The van der Waals surface area contributed by atoms with E-state index < -0.39 is 0 Å². The lowest BCUT2D eigenvalue weighted by atomic mass is 10.3. The summed E-state index contributed by atoms with van der Waals surface area (Å²) in [5.41, 5.74) is 1.18. The van der Waals surface area contributed by atoms with Crippen LogP contribution in [-0.4, -0.2) is 23.6 Å². The molecule has 1 heterocycles. The van der Waals surface area contributed by atoms with E-state index in [2.05, 4.69) is 15.3 Å². The van der Waals surface area contributed by atoms with E-state index in [-0.39, 0.29) is 0 Å². The quantitative estimate of drug-likeness (QED) is 0.688. The molecule has 3 heteroatoms. The SMILES string of the molecule is CC.CNCCc1cnc[nH]1. The summed E-state index contributed by atoms with van der Waals surface area (Å²) in [6, 6.07) is 0. The minimum atomic E-state index is 1.00. The first-order chi connectivity index (χ1) is 5.43. The van der Waals surface area contributed by atoms with E-state index >= 15 is 0 Å². The molecule has 0 atom stereocenters. The smallest absolute Gasteiger partial charge is 0.0921 e. The maximum atomic E-state index is 3.89. The van der Waals surface area contributed by atoms with Crippen LogP contribution in [0.15, 0.2) is 12.5 Å². The number of aromatic amines is 1. The van der Waals surface area contributed by atoms with Crippen molar-refractivity contribution in [3.63, 3.8) is 0 Å². The average molecular weight is 155 g/mol. The fourth-order valence-electron chi connectivity index (χ4n) is 0.681. The van der Waals surface area contributed by atoms with Gasteiger partial charge in [0.15, 0.2) is 0 Å². The Balaban J connectivity index is 0.000000461. The van der Waals surface area contributed by atoms with E-state index in [1.165, 1.54) is 5.69 Å². The molecule has 0 aliphatic rings. The van der Waals surface area contributed by atoms with Gasteiger partial charge in [0.2, 0.25) is 0 Å². The predicted molar refractivity (Wildman–Crippen MR) is 47.6 cm³/mol. The molecule has 2 N–H and O–H groups in total. The van der Waals surface area contributed by atoms with Crippen LogP contribution in [0.5, 0.6) is 0 Å². The fourth-order valence-corrected chi connectivity index (χ4v) is 0.681. The zero-order valence-corrected chi connectivity index (χ0v) is 7.52. The minimum absolute atomic E-state index is 1.00. The lowest BCUT2D eigenvalue weighted by Crippen LogP contribution is -2.10. The standard InChI is InChI=1S/C6H11N3.C2H6/c1-7-3-2-6-4-8-5-9-6;1-2/h4-5,7H,2-3H2,1H3,(H,8,9);1-2H3. The predicted octanol–water partition coefficient (Wildman–Crippen LogP) is 1.20. The van der Waals surface area contributed by atoms with Crippen LogP contribution in [0.1, 0.15) is 19.5 Å². The fraction of sp³-hybridized carbons (Fsp3) is 0.625. The summed E-state index contributed by atoms with van der Waals surface area (Å²) < 4.78 is 0. The van der Waals surface area contributed by atoms with Gasteiger partial charge in [-0.1, -0.05) is 13.8 Å². The number of hydrogen-bond donors (Lipinski definition) is 2. The summed E-state index contributed by atoms with van der Waals surface area (Å²) in [6.45, 7) is 5.00. The van der Waals surface area contributed by atoms with Crippen molar-refractivity contribution in [2.24, 2.45) is 0 Å². The molecular weight excluding hydrogens is 138 g/mol. The first kappa shape index (κ1) is 10.2. The van der Waals surface area contributed by atoms with Crippen LogP contribution in [0.25, 0.3) is 0 Å². The van der Waals surface area contributed by atoms with Crippen molar-refractivity contribution in [3.05, 3.63) is 18.2 Å². The van der Waals surface area contributed by atoms with Crippen molar-refractivity contribution >= 4 is 0 Å². The van der Waals surface area contributed by atoms with Crippen molar-refractivity contribution in [1.29, 1.82) is 0 Å². The van der Waals surface area contributed by atoms with Crippen LogP contribution in [-0.2, 0) is 6.42 Å².